The minimum Gasteiger partial charge on any atom is -0.342 e. The zero-order valence-corrected chi connectivity index (χ0v) is 11.8. The van der Waals surface area contributed by atoms with E-state index in [2.05, 4.69) is 20.5 Å². The van der Waals surface area contributed by atoms with Gasteiger partial charge in [-0.1, -0.05) is 6.07 Å². The van der Waals surface area contributed by atoms with E-state index in [1.165, 1.54) is 0 Å². The standard InChI is InChI=1S/C15H15N5O/c1-10-6-7-12(9-16-10)15(21)17-11(2)14-19-18-13-5-3-4-8-20(13)14/h3-9,11H,1-2H3,(H,17,21)/t11-/m0/s1. The van der Waals surface area contributed by atoms with Crippen LogP contribution >= 0.6 is 0 Å². The highest BCUT2D eigenvalue weighted by Crippen LogP contribution is 2.12. The molecule has 3 aromatic rings. The van der Waals surface area contributed by atoms with Gasteiger partial charge in [-0.25, -0.2) is 0 Å². The molecule has 0 unspecified atom stereocenters. The van der Waals surface area contributed by atoms with Crippen LogP contribution in [0.4, 0.5) is 0 Å². The molecule has 0 saturated heterocycles. The van der Waals surface area contributed by atoms with Crippen LogP contribution < -0.4 is 5.32 Å². The Morgan fingerprint density at radius 2 is 2.10 bits per heavy atom. The molecule has 1 amide bonds. The molecular formula is C15H15N5O. The summed E-state index contributed by atoms with van der Waals surface area (Å²) in [6.07, 6.45) is 3.44. The number of pyridine rings is 2. The summed E-state index contributed by atoms with van der Waals surface area (Å²) >= 11 is 0. The number of amides is 1. The molecule has 0 spiro atoms. The van der Waals surface area contributed by atoms with Gasteiger partial charge in [-0.05, 0) is 38.1 Å². The molecule has 1 N–H and O–H groups in total. The van der Waals surface area contributed by atoms with Crippen molar-refractivity contribution in [2.24, 2.45) is 0 Å². The summed E-state index contributed by atoms with van der Waals surface area (Å²) in [7, 11) is 0. The molecule has 0 radical (unpaired) electrons. The van der Waals surface area contributed by atoms with E-state index in [-0.39, 0.29) is 11.9 Å². The number of rotatable bonds is 3. The zero-order chi connectivity index (χ0) is 14.8. The second kappa shape index (κ2) is 5.32. The molecule has 0 saturated carbocycles. The van der Waals surface area contributed by atoms with Crippen LogP contribution in [-0.2, 0) is 0 Å². The molecule has 3 rings (SSSR count). The van der Waals surface area contributed by atoms with Crippen LogP contribution in [0.25, 0.3) is 5.65 Å². The SMILES string of the molecule is Cc1ccc(C(=O)N[C@@H](C)c2nnc3ccccn23)cn1. The average molecular weight is 281 g/mol. The fourth-order valence-corrected chi connectivity index (χ4v) is 2.10. The number of nitrogens with zero attached hydrogens (tertiary/aromatic N) is 4. The van der Waals surface area contributed by atoms with Crippen molar-refractivity contribution >= 4 is 11.6 Å². The smallest absolute Gasteiger partial charge is 0.253 e. The minimum atomic E-state index is -0.254. The van der Waals surface area contributed by atoms with Gasteiger partial charge in [0.25, 0.3) is 5.91 Å². The highest BCUT2D eigenvalue weighted by atomic mass is 16.1. The average Bonchev–Trinajstić information content (AvgIpc) is 2.92. The molecule has 0 fully saturated rings. The third-order valence-corrected chi connectivity index (χ3v) is 3.25. The van der Waals surface area contributed by atoms with Gasteiger partial charge in [-0.3, -0.25) is 14.2 Å². The lowest BCUT2D eigenvalue weighted by atomic mass is 10.2. The highest BCUT2D eigenvalue weighted by molar-refractivity contribution is 5.94. The van der Waals surface area contributed by atoms with Crippen molar-refractivity contribution < 1.29 is 4.79 Å². The number of aromatic nitrogens is 4. The number of aryl methyl sites for hydroxylation is 1. The first-order valence-electron chi connectivity index (χ1n) is 6.68. The Bertz CT molecular complexity index is 778. The van der Waals surface area contributed by atoms with E-state index in [4.69, 9.17) is 0 Å². The van der Waals surface area contributed by atoms with Crippen molar-refractivity contribution in [2.75, 3.05) is 0 Å². The third kappa shape index (κ3) is 2.60. The number of carbonyl (C=O) groups is 1. The summed E-state index contributed by atoms with van der Waals surface area (Å²) in [6.45, 7) is 3.76. The molecule has 21 heavy (non-hydrogen) atoms. The van der Waals surface area contributed by atoms with Gasteiger partial charge in [0.05, 0.1) is 11.6 Å². The van der Waals surface area contributed by atoms with E-state index >= 15 is 0 Å². The van der Waals surface area contributed by atoms with Gasteiger partial charge in [-0.15, -0.1) is 10.2 Å². The zero-order valence-electron chi connectivity index (χ0n) is 11.8. The number of hydrogen-bond acceptors (Lipinski definition) is 4. The first-order chi connectivity index (χ1) is 10.1. The first kappa shape index (κ1) is 13.2. The van der Waals surface area contributed by atoms with Crippen LogP contribution in [0.2, 0.25) is 0 Å². The van der Waals surface area contributed by atoms with Crippen molar-refractivity contribution in [1.82, 2.24) is 24.9 Å². The molecule has 3 heterocycles. The fraction of sp³-hybridized carbons (Fsp3) is 0.200. The van der Waals surface area contributed by atoms with Gasteiger partial charge in [0.1, 0.15) is 0 Å². The lowest BCUT2D eigenvalue weighted by Gasteiger charge is -2.12. The molecular weight excluding hydrogens is 266 g/mol. The maximum Gasteiger partial charge on any atom is 0.253 e. The molecule has 6 nitrogen and oxygen atoms in total. The largest absolute Gasteiger partial charge is 0.342 e. The number of carbonyl (C=O) groups excluding carboxylic acids is 1. The van der Waals surface area contributed by atoms with Crippen LogP contribution in [0, 0.1) is 6.92 Å². The van der Waals surface area contributed by atoms with E-state index in [1.807, 2.05) is 48.7 Å². The molecule has 106 valence electrons. The number of hydrogen-bond donors (Lipinski definition) is 1. The molecule has 0 aliphatic heterocycles. The van der Waals surface area contributed by atoms with Gasteiger partial charge in [0, 0.05) is 18.1 Å². The summed E-state index contributed by atoms with van der Waals surface area (Å²) in [4.78, 5) is 16.3. The maximum atomic E-state index is 12.2. The van der Waals surface area contributed by atoms with Gasteiger partial charge in [0.2, 0.25) is 0 Å². The van der Waals surface area contributed by atoms with E-state index in [0.29, 0.717) is 11.4 Å². The molecule has 3 aromatic heterocycles. The topological polar surface area (TPSA) is 72.2 Å². The fourth-order valence-electron chi connectivity index (χ4n) is 2.10. The number of nitrogens with one attached hydrogen (secondary N) is 1. The minimum absolute atomic E-state index is 0.178. The van der Waals surface area contributed by atoms with Gasteiger partial charge >= 0.3 is 0 Å². The van der Waals surface area contributed by atoms with E-state index < -0.39 is 0 Å². The van der Waals surface area contributed by atoms with Gasteiger partial charge in [-0.2, -0.15) is 0 Å². The van der Waals surface area contributed by atoms with E-state index in [1.54, 1.807) is 12.3 Å². The van der Waals surface area contributed by atoms with Gasteiger partial charge in [0.15, 0.2) is 11.5 Å². The van der Waals surface area contributed by atoms with Crippen molar-refractivity contribution in [1.29, 1.82) is 0 Å². The summed E-state index contributed by atoms with van der Waals surface area (Å²) in [5, 5.41) is 11.1. The molecule has 0 aromatic carbocycles. The van der Waals surface area contributed by atoms with Crippen LogP contribution in [0.3, 0.4) is 0 Å². The predicted molar refractivity (Wildman–Crippen MR) is 77.8 cm³/mol. The van der Waals surface area contributed by atoms with E-state index in [9.17, 15) is 4.79 Å². The van der Waals surface area contributed by atoms with Crippen LogP contribution in [0.1, 0.15) is 34.8 Å². The quantitative estimate of drug-likeness (QED) is 0.796. The Balaban J connectivity index is 1.81. The third-order valence-electron chi connectivity index (χ3n) is 3.25. The van der Waals surface area contributed by atoms with Crippen molar-refractivity contribution in [3.05, 3.63) is 59.8 Å². The molecule has 6 heteroatoms. The van der Waals surface area contributed by atoms with E-state index in [0.717, 1.165) is 11.3 Å². The van der Waals surface area contributed by atoms with Crippen LogP contribution in [-0.4, -0.2) is 25.5 Å². The monoisotopic (exact) mass is 281 g/mol. The molecule has 0 aliphatic rings. The molecule has 1 atom stereocenters. The summed E-state index contributed by atoms with van der Waals surface area (Å²) in [6, 6.07) is 8.98. The van der Waals surface area contributed by atoms with Crippen molar-refractivity contribution in [3.63, 3.8) is 0 Å². The van der Waals surface area contributed by atoms with Crippen molar-refractivity contribution in [2.45, 2.75) is 19.9 Å². The summed E-state index contributed by atoms with van der Waals surface area (Å²) < 4.78 is 1.86. The highest BCUT2D eigenvalue weighted by Gasteiger charge is 2.16. The lowest BCUT2D eigenvalue weighted by Crippen LogP contribution is -2.28. The Labute approximate surface area is 121 Å². The van der Waals surface area contributed by atoms with Crippen molar-refractivity contribution in [3.8, 4) is 0 Å². The molecule has 0 bridgehead atoms. The predicted octanol–water partition coefficient (Wildman–Crippen LogP) is 1.92. The Kier molecular flexibility index (Phi) is 3.35. The molecule has 0 aliphatic carbocycles. The Morgan fingerprint density at radius 1 is 1.24 bits per heavy atom. The maximum absolute atomic E-state index is 12.2. The first-order valence-corrected chi connectivity index (χ1v) is 6.68. The Morgan fingerprint density at radius 3 is 2.86 bits per heavy atom. The summed E-state index contributed by atoms with van der Waals surface area (Å²) in [5.74, 6) is 0.515. The van der Waals surface area contributed by atoms with Gasteiger partial charge < -0.3 is 5.32 Å². The van der Waals surface area contributed by atoms with Crippen LogP contribution in [0.5, 0.6) is 0 Å². The number of fused-ring (bicyclic) bond motifs is 1. The normalized spacial score (nSPS) is 12.3. The summed E-state index contributed by atoms with van der Waals surface area (Å²) in [5.41, 5.74) is 2.16. The second-order valence-electron chi connectivity index (χ2n) is 4.87. The Hall–Kier alpha value is -2.76. The lowest BCUT2D eigenvalue weighted by molar-refractivity contribution is 0.0937. The van der Waals surface area contributed by atoms with Crippen LogP contribution in [0.15, 0.2) is 42.7 Å². The second-order valence-corrected chi connectivity index (χ2v) is 4.87.